The molecule has 1 aliphatic heterocycles. The van der Waals surface area contributed by atoms with Crippen molar-refractivity contribution in [3.63, 3.8) is 0 Å². The lowest BCUT2D eigenvalue weighted by molar-refractivity contribution is -0.236. The monoisotopic (exact) mass is 1340 g/mol. The third-order valence-electron chi connectivity index (χ3n) is 16.2. The largest absolute Gasteiger partial charge is 0.462 e. The zero-order valence-electron chi connectivity index (χ0n) is 59.1. The van der Waals surface area contributed by atoms with Gasteiger partial charge in [0.2, 0.25) is 0 Å². The summed E-state index contributed by atoms with van der Waals surface area (Å²) in [5, 5.41) is 0. The lowest BCUT2D eigenvalue weighted by atomic mass is 9.86. The molecule has 25 heteroatoms. The molecule has 0 bridgehead atoms. The van der Waals surface area contributed by atoms with Crippen LogP contribution in [0.4, 0.5) is 39.5 Å². The maximum Gasteiger partial charge on any atom is 0.404 e. The fourth-order valence-corrected chi connectivity index (χ4v) is 34.5. The van der Waals surface area contributed by atoms with Crippen molar-refractivity contribution in [3.8, 4) is 0 Å². The Balaban J connectivity index is -0.000000474. The molecular weight excluding hydrogens is 1220 g/mol. The van der Waals surface area contributed by atoms with Gasteiger partial charge >= 0.3 is 70.7 Å². The first kappa shape index (κ1) is 90.3. The van der Waals surface area contributed by atoms with E-state index < -0.39 is 115 Å². The molecule has 1 aliphatic carbocycles. The molecule has 1 saturated heterocycles. The molecule has 2 aliphatic rings. The lowest BCUT2D eigenvalue weighted by Crippen LogP contribution is -2.66. The number of ether oxygens (including phenoxy) is 3. The Morgan fingerprint density at radius 1 is 0.494 bits per heavy atom. The minimum absolute atomic E-state index is 0.0108. The molecule has 0 aromatic rings. The molecule has 6 unspecified atom stereocenters. The minimum Gasteiger partial charge on any atom is -0.462 e. The molecule has 10 nitrogen and oxygen atoms in total. The molecule has 0 spiro atoms. The number of rotatable bonds is 18. The van der Waals surface area contributed by atoms with Crippen LogP contribution in [0.15, 0.2) is 0 Å². The van der Waals surface area contributed by atoms with Gasteiger partial charge in [0.1, 0.15) is 12.2 Å². The Morgan fingerprint density at radius 2 is 0.824 bits per heavy atom. The summed E-state index contributed by atoms with van der Waals surface area (Å²) in [6.45, 7) is 60.2. The first-order valence-corrected chi connectivity index (χ1v) is 49.4. The van der Waals surface area contributed by atoms with Crippen LogP contribution in [0.25, 0.3) is 0 Å². The molecule has 0 radical (unpaired) electrons. The number of hydrogen-bond donors (Lipinski definition) is 0. The molecule has 1 saturated carbocycles. The van der Waals surface area contributed by atoms with Crippen molar-refractivity contribution in [2.45, 2.75) is 334 Å². The highest BCUT2D eigenvalue weighted by molar-refractivity contribution is 6.93. The van der Waals surface area contributed by atoms with Gasteiger partial charge in [0.05, 0.1) is 6.10 Å². The number of carbonyl (C=O) groups is 3. The van der Waals surface area contributed by atoms with Gasteiger partial charge in [0.25, 0.3) is 0 Å². The van der Waals surface area contributed by atoms with Crippen LogP contribution >= 0.6 is 0 Å². The second-order valence-electron chi connectivity index (χ2n) is 28.9. The van der Waals surface area contributed by atoms with E-state index in [9.17, 15) is 53.9 Å². The van der Waals surface area contributed by atoms with E-state index >= 15 is 0 Å². The van der Waals surface area contributed by atoms with E-state index in [1.807, 2.05) is 27.7 Å². The lowest BCUT2D eigenvalue weighted by Gasteiger charge is -2.49. The van der Waals surface area contributed by atoms with E-state index in [2.05, 4.69) is 131 Å². The van der Waals surface area contributed by atoms with Crippen LogP contribution < -0.4 is 0 Å². The number of halogens is 9. The van der Waals surface area contributed by atoms with Crippen molar-refractivity contribution in [1.82, 2.24) is 0 Å². The second kappa shape index (κ2) is 36.8. The van der Waals surface area contributed by atoms with Crippen molar-refractivity contribution in [3.05, 3.63) is 0 Å². The van der Waals surface area contributed by atoms with Crippen LogP contribution in [0, 0.1) is 34.0 Å². The maximum atomic E-state index is 12.9. The van der Waals surface area contributed by atoms with E-state index in [-0.39, 0.29) is 37.2 Å². The summed E-state index contributed by atoms with van der Waals surface area (Å²) in [5.74, 6) is -2.57. The van der Waals surface area contributed by atoms with Crippen molar-refractivity contribution in [1.29, 1.82) is 0 Å². The topological polar surface area (TPSA) is 116 Å². The Morgan fingerprint density at radius 3 is 1.06 bits per heavy atom. The third-order valence-corrected chi connectivity index (χ3v) is 38.7. The molecule has 0 N–H and O–H groups in total. The van der Waals surface area contributed by atoms with Crippen LogP contribution in [0.2, 0.25) is 102 Å². The quantitative estimate of drug-likeness (QED) is 0.0568. The van der Waals surface area contributed by atoms with Gasteiger partial charge < -0.3 is 30.7 Å². The Kier molecular flexibility index (Phi) is 39.1. The molecule has 2 fully saturated rings. The normalized spacial score (nSPS) is 20.5. The van der Waals surface area contributed by atoms with Gasteiger partial charge in [-0.2, -0.15) is 39.5 Å². The van der Waals surface area contributed by atoms with Gasteiger partial charge in [-0.25, -0.2) is 0 Å². The van der Waals surface area contributed by atoms with Crippen molar-refractivity contribution >= 4 is 68.3 Å². The zero-order valence-corrected chi connectivity index (χ0v) is 65.1. The summed E-state index contributed by atoms with van der Waals surface area (Å²) in [7, 11) is -10.3. The van der Waals surface area contributed by atoms with Gasteiger partial charge in [-0.1, -0.05) is 161 Å². The number of carbonyl (C=O) groups excluding carboxylic acids is 3. The van der Waals surface area contributed by atoms with E-state index in [4.69, 9.17) is 25.9 Å². The van der Waals surface area contributed by atoms with Crippen LogP contribution in [0.1, 0.15) is 195 Å². The standard InChI is InChI=1S/C13H23F3O2.C12H19F3O2.C11H30O4Si4.C9H15F3O2.C8H20Si.C7H18Si/c1-7-12(6,13(14,15)16)11(17)18-10(8(2)3)9(4)5;1-3-11(2,12(13,14)15)10(16)17-9-7-5-4-6-8-9;1-10-11(2)19(9)14-17(5,6)12-16(3,4)13-18(7,8)15-19;1-5-8(4,9(10,11)12)7(13)14-6(2)3;1-6-8(2)7-9(3,4)5;1-6-7(2)8(3,4)5/h8-10H,7H2,1-6H3;9H,3-8H2,1-2H3;11H,10H2,1-9H3;6H,5H2,1-4H3;8H,6-7H2,1-5H3;7H,6H2,1-5H3. The molecule has 1 heterocycles. The first-order chi connectivity index (χ1) is 37.7. The smallest absolute Gasteiger partial charge is 0.404 e. The van der Waals surface area contributed by atoms with Crippen LogP contribution in [0.5, 0.6) is 0 Å². The van der Waals surface area contributed by atoms with Crippen molar-refractivity contribution < 1.29 is 84.6 Å². The average Bonchev–Trinajstić information content (AvgIpc) is 3.31. The second-order valence-corrected chi connectivity index (χ2v) is 54.8. The minimum atomic E-state index is -4.59. The van der Waals surface area contributed by atoms with Crippen LogP contribution in [-0.2, 0) is 45.1 Å². The van der Waals surface area contributed by atoms with E-state index in [1.54, 1.807) is 0 Å². The van der Waals surface area contributed by atoms with Crippen molar-refractivity contribution in [2.75, 3.05) is 0 Å². The van der Waals surface area contributed by atoms with Crippen LogP contribution in [-0.4, -0.2) is 105 Å². The fraction of sp³-hybridized carbons (Fsp3) is 0.950. The molecular formula is C60H125F9O10Si6. The third kappa shape index (κ3) is 33.2. The highest BCUT2D eigenvalue weighted by Crippen LogP contribution is 2.45. The number of alkyl halides is 9. The van der Waals surface area contributed by atoms with Crippen LogP contribution in [0.3, 0.4) is 0 Å². The van der Waals surface area contributed by atoms with Gasteiger partial charge in [-0.05, 0) is 154 Å². The maximum absolute atomic E-state index is 12.9. The highest BCUT2D eigenvalue weighted by Gasteiger charge is 2.59. The Bertz CT molecular complexity index is 1870. The average molecular weight is 1350 g/mol. The molecule has 2 rings (SSSR count). The summed E-state index contributed by atoms with van der Waals surface area (Å²) < 4.78 is 155. The Hall–Kier alpha value is -1.08. The first-order valence-electron chi connectivity index (χ1n) is 31.3. The summed E-state index contributed by atoms with van der Waals surface area (Å²) in [5.41, 5.74) is -5.75. The SMILES string of the molecule is CCC(C)(C(=O)OC(C(C)C)C(C)C)C(F)(F)F.CCC(C)(C(=O)OC(C)C)C(F)(F)F.CCC(C)(C(=O)OC1CCCCC1)C(F)(F)F.CCC(C)C[Si](C)(C)C.CCC(C)[Si](C)(C)C.CCC(C)[Si]1(C)O[Si](C)(C)O[Si](C)(C)O[Si](C)(C)O1. The highest BCUT2D eigenvalue weighted by atomic mass is 28.5. The van der Waals surface area contributed by atoms with Gasteiger partial charge in [-0.3, -0.25) is 14.4 Å². The van der Waals surface area contributed by atoms with Crippen molar-refractivity contribution in [2.24, 2.45) is 34.0 Å². The molecule has 512 valence electrons. The molecule has 6 atom stereocenters. The number of esters is 3. The van der Waals surface area contributed by atoms with Gasteiger partial charge in [0.15, 0.2) is 16.2 Å². The van der Waals surface area contributed by atoms with E-state index in [1.165, 1.54) is 53.5 Å². The molecule has 85 heavy (non-hydrogen) atoms. The molecule has 0 aromatic heterocycles. The Labute approximate surface area is 518 Å². The van der Waals surface area contributed by atoms with Gasteiger partial charge in [0, 0.05) is 16.1 Å². The summed E-state index contributed by atoms with van der Waals surface area (Å²) in [6, 6.07) is 1.49. The zero-order chi connectivity index (χ0) is 68.8. The summed E-state index contributed by atoms with van der Waals surface area (Å²) in [6.07, 6.45) is -7.92. The molecule has 0 amide bonds. The fourth-order valence-electron chi connectivity index (χ4n) is 9.10. The van der Waals surface area contributed by atoms with E-state index in [0.29, 0.717) is 18.4 Å². The summed E-state index contributed by atoms with van der Waals surface area (Å²) >= 11 is 0. The van der Waals surface area contributed by atoms with E-state index in [0.717, 1.165) is 57.9 Å². The number of hydrogen-bond acceptors (Lipinski definition) is 10. The summed E-state index contributed by atoms with van der Waals surface area (Å²) in [4.78, 5) is 34.7. The predicted molar refractivity (Wildman–Crippen MR) is 346 cm³/mol. The molecule has 0 aromatic carbocycles. The van der Waals surface area contributed by atoms with Gasteiger partial charge in [-0.15, -0.1) is 0 Å². The predicted octanol–water partition coefficient (Wildman–Crippen LogP) is 21.5.